The molecule has 1 aliphatic rings. The van der Waals surface area contributed by atoms with Gasteiger partial charge in [0.05, 0.1) is 6.10 Å². The van der Waals surface area contributed by atoms with Crippen molar-refractivity contribution in [3.8, 4) is 0 Å². The van der Waals surface area contributed by atoms with Crippen molar-refractivity contribution in [1.29, 1.82) is 0 Å². The molecule has 0 spiro atoms. The highest BCUT2D eigenvalue weighted by atomic mass is 32.1. The third-order valence-electron chi connectivity index (χ3n) is 3.70. The summed E-state index contributed by atoms with van der Waals surface area (Å²) in [4.78, 5) is 21.3. The highest BCUT2D eigenvalue weighted by Crippen LogP contribution is 2.29. The Morgan fingerprint density at radius 2 is 2.33 bits per heavy atom. The molecular formula is C14H24N4O2S. The molecule has 1 aromatic heterocycles. The fraction of sp³-hybridized carbons (Fsp3) is 0.714. The minimum atomic E-state index is -0.0230. The van der Waals surface area contributed by atoms with Gasteiger partial charge in [0, 0.05) is 33.3 Å². The van der Waals surface area contributed by atoms with E-state index < -0.39 is 0 Å². The van der Waals surface area contributed by atoms with Crippen molar-refractivity contribution in [3.63, 3.8) is 0 Å². The summed E-state index contributed by atoms with van der Waals surface area (Å²) in [6.07, 6.45) is 2.12. The zero-order valence-corrected chi connectivity index (χ0v) is 13.8. The molecule has 7 heteroatoms. The Morgan fingerprint density at radius 3 is 3.00 bits per heavy atom. The molecule has 1 atom stereocenters. The molecular weight excluding hydrogens is 288 g/mol. The van der Waals surface area contributed by atoms with E-state index in [1.54, 1.807) is 0 Å². The van der Waals surface area contributed by atoms with Gasteiger partial charge in [-0.15, -0.1) is 0 Å². The number of piperidine rings is 1. The molecule has 1 aliphatic heterocycles. The minimum absolute atomic E-state index is 0.0230. The number of hydrogen-bond acceptors (Lipinski definition) is 6. The molecule has 1 unspecified atom stereocenters. The molecule has 1 saturated heterocycles. The maximum absolute atomic E-state index is 12.6. The summed E-state index contributed by atoms with van der Waals surface area (Å²) in [7, 11) is 1.94. The first-order valence-electron chi connectivity index (χ1n) is 7.45. The third-order valence-corrected chi connectivity index (χ3v) is 4.88. The third kappa shape index (κ3) is 3.65. The second kappa shape index (κ2) is 7.09. The number of nitrogen functional groups attached to an aromatic ring is 1. The van der Waals surface area contributed by atoms with E-state index in [2.05, 4.69) is 4.98 Å². The number of anilines is 2. The van der Waals surface area contributed by atoms with Gasteiger partial charge in [-0.1, -0.05) is 11.3 Å². The molecule has 1 amide bonds. The van der Waals surface area contributed by atoms with Crippen molar-refractivity contribution in [1.82, 2.24) is 9.88 Å². The van der Waals surface area contributed by atoms with Crippen LogP contribution in [-0.4, -0.2) is 55.2 Å². The second-order valence-corrected chi connectivity index (χ2v) is 6.17. The van der Waals surface area contributed by atoms with E-state index in [0.717, 1.165) is 31.1 Å². The summed E-state index contributed by atoms with van der Waals surface area (Å²) in [5, 5.41) is 0.789. The van der Waals surface area contributed by atoms with E-state index in [1.807, 2.05) is 30.7 Å². The topological polar surface area (TPSA) is 71.7 Å². The van der Waals surface area contributed by atoms with Crippen LogP contribution in [0.3, 0.4) is 0 Å². The standard InChI is InChI=1S/C14H24N4O2S/c1-4-17(3)14-16-12(15)11(21-14)13(19)18-8-6-7-10(9-18)20-5-2/h10H,4-9,15H2,1-3H3. The summed E-state index contributed by atoms with van der Waals surface area (Å²) in [5.41, 5.74) is 5.93. The molecule has 1 fully saturated rings. The Morgan fingerprint density at radius 1 is 1.57 bits per heavy atom. The van der Waals surface area contributed by atoms with Crippen molar-refractivity contribution in [2.45, 2.75) is 32.8 Å². The van der Waals surface area contributed by atoms with Crippen LogP contribution in [0.15, 0.2) is 0 Å². The molecule has 0 bridgehead atoms. The average molecular weight is 312 g/mol. The lowest BCUT2D eigenvalue weighted by Crippen LogP contribution is -2.43. The maximum atomic E-state index is 12.6. The molecule has 2 rings (SSSR count). The molecule has 1 aromatic rings. The molecule has 0 aliphatic carbocycles. The van der Waals surface area contributed by atoms with Crippen LogP contribution in [0.1, 0.15) is 36.4 Å². The van der Waals surface area contributed by atoms with Gasteiger partial charge < -0.3 is 20.3 Å². The lowest BCUT2D eigenvalue weighted by atomic mass is 10.1. The number of thiazole rings is 1. The summed E-state index contributed by atoms with van der Waals surface area (Å²) >= 11 is 1.37. The molecule has 0 saturated carbocycles. The predicted molar refractivity (Wildman–Crippen MR) is 86.0 cm³/mol. The first-order valence-corrected chi connectivity index (χ1v) is 8.26. The summed E-state index contributed by atoms with van der Waals surface area (Å²) < 4.78 is 5.64. The van der Waals surface area contributed by atoms with Gasteiger partial charge in [-0.3, -0.25) is 4.79 Å². The quantitative estimate of drug-likeness (QED) is 0.898. The molecule has 118 valence electrons. The number of carbonyl (C=O) groups excluding carboxylic acids is 1. The Hall–Kier alpha value is -1.34. The van der Waals surface area contributed by atoms with E-state index >= 15 is 0 Å². The molecule has 21 heavy (non-hydrogen) atoms. The first-order chi connectivity index (χ1) is 10.1. The molecule has 2 N–H and O–H groups in total. The summed E-state index contributed by atoms with van der Waals surface area (Å²) in [5.74, 6) is 0.309. The average Bonchev–Trinajstić information content (AvgIpc) is 2.88. The highest BCUT2D eigenvalue weighted by molar-refractivity contribution is 7.18. The van der Waals surface area contributed by atoms with Crippen molar-refractivity contribution in [2.24, 2.45) is 0 Å². The smallest absolute Gasteiger partial charge is 0.267 e. The van der Waals surface area contributed by atoms with Gasteiger partial charge in [0.15, 0.2) is 5.13 Å². The lowest BCUT2D eigenvalue weighted by Gasteiger charge is -2.32. The number of nitrogens with two attached hydrogens (primary N) is 1. The number of ether oxygens (including phenoxy) is 1. The molecule has 0 radical (unpaired) electrons. The number of amides is 1. The molecule has 2 heterocycles. The zero-order chi connectivity index (χ0) is 15.4. The van der Waals surface area contributed by atoms with Gasteiger partial charge >= 0.3 is 0 Å². The normalized spacial score (nSPS) is 18.8. The van der Waals surface area contributed by atoms with Crippen LogP contribution in [-0.2, 0) is 4.74 Å². The van der Waals surface area contributed by atoms with Crippen LogP contribution in [0.4, 0.5) is 10.9 Å². The van der Waals surface area contributed by atoms with E-state index in [1.165, 1.54) is 11.3 Å². The van der Waals surface area contributed by atoms with Crippen LogP contribution in [0, 0.1) is 0 Å². The SMILES string of the molecule is CCOC1CCCN(C(=O)c2sc(N(C)CC)nc2N)C1. The predicted octanol–water partition coefficient (Wildman–Crippen LogP) is 1.82. The van der Waals surface area contributed by atoms with E-state index in [-0.39, 0.29) is 12.0 Å². The van der Waals surface area contributed by atoms with Gasteiger partial charge in [0.2, 0.25) is 0 Å². The lowest BCUT2D eigenvalue weighted by molar-refractivity contribution is 0.00745. The van der Waals surface area contributed by atoms with E-state index in [4.69, 9.17) is 10.5 Å². The van der Waals surface area contributed by atoms with E-state index in [9.17, 15) is 4.79 Å². The number of hydrogen-bond donors (Lipinski definition) is 1. The van der Waals surface area contributed by atoms with Gasteiger partial charge in [-0.25, -0.2) is 4.98 Å². The number of nitrogens with zero attached hydrogens (tertiary/aromatic N) is 3. The Labute approximate surface area is 129 Å². The maximum Gasteiger partial charge on any atom is 0.267 e. The summed E-state index contributed by atoms with van der Waals surface area (Å²) in [6, 6.07) is 0. The highest BCUT2D eigenvalue weighted by Gasteiger charge is 2.28. The zero-order valence-electron chi connectivity index (χ0n) is 13.0. The second-order valence-electron chi connectivity index (χ2n) is 5.20. The van der Waals surface area contributed by atoms with Crippen LogP contribution in [0.25, 0.3) is 0 Å². The Bertz CT molecular complexity index is 489. The Balaban J connectivity index is 2.10. The number of rotatable bonds is 5. The fourth-order valence-electron chi connectivity index (χ4n) is 2.41. The number of likely N-dealkylation sites (tertiary alicyclic amines) is 1. The van der Waals surface area contributed by atoms with Gasteiger partial charge in [-0.2, -0.15) is 0 Å². The number of aromatic nitrogens is 1. The van der Waals surface area contributed by atoms with Gasteiger partial charge in [0.25, 0.3) is 5.91 Å². The van der Waals surface area contributed by atoms with Crippen LogP contribution in [0.2, 0.25) is 0 Å². The monoisotopic (exact) mass is 312 g/mol. The van der Waals surface area contributed by atoms with Gasteiger partial charge in [0.1, 0.15) is 10.7 Å². The van der Waals surface area contributed by atoms with E-state index in [0.29, 0.717) is 23.8 Å². The largest absolute Gasteiger partial charge is 0.382 e. The van der Waals surface area contributed by atoms with Crippen LogP contribution < -0.4 is 10.6 Å². The van der Waals surface area contributed by atoms with Crippen LogP contribution >= 0.6 is 11.3 Å². The first kappa shape index (κ1) is 16.0. The fourth-order valence-corrected chi connectivity index (χ4v) is 3.39. The Kier molecular flexibility index (Phi) is 5.41. The van der Waals surface area contributed by atoms with Gasteiger partial charge in [-0.05, 0) is 26.7 Å². The molecule has 6 nitrogen and oxygen atoms in total. The van der Waals surface area contributed by atoms with Crippen molar-refractivity contribution in [3.05, 3.63) is 4.88 Å². The minimum Gasteiger partial charge on any atom is -0.382 e. The number of carbonyl (C=O) groups is 1. The van der Waals surface area contributed by atoms with Crippen LogP contribution in [0.5, 0.6) is 0 Å². The van der Waals surface area contributed by atoms with Crippen molar-refractivity contribution >= 4 is 28.2 Å². The van der Waals surface area contributed by atoms with Crippen molar-refractivity contribution < 1.29 is 9.53 Å². The summed E-state index contributed by atoms with van der Waals surface area (Å²) in [6.45, 7) is 6.93. The van der Waals surface area contributed by atoms with Crippen molar-refractivity contribution in [2.75, 3.05) is 43.9 Å². The molecule has 0 aromatic carbocycles.